The number of rotatable bonds is 7. The highest BCUT2D eigenvalue weighted by Crippen LogP contribution is 2.25. The minimum absolute atomic E-state index is 0.739. The van der Waals surface area contributed by atoms with Crippen LogP contribution in [0.4, 0.5) is 0 Å². The average Bonchev–Trinajstić information content (AvgIpc) is 2.29. The van der Waals surface area contributed by atoms with E-state index >= 15 is 0 Å². The van der Waals surface area contributed by atoms with E-state index in [2.05, 4.69) is 18.5 Å². The van der Waals surface area contributed by atoms with E-state index in [0.717, 1.165) is 12.0 Å². The van der Waals surface area contributed by atoms with Crippen LogP contribution in [-0.2, 0) is 0 Å². The van der Waals surface area contributed by atoms with E-state index in [1.807, 2.05) is 11.8 Å². The maximum atomic E-state index is 3.70. The average molecular weight is 229 g/mol. The molecular weight excluding hydrogens is 202 g/mol. The lowest BCUT2D eigenvalue weighted by Crippen LogP contribution is -2.32. The molecule has 15 heavy (non-hydrogen) atoms. The van der Waals surface area contributed by atoms with Gasteiger partial charge in [0.05, 0.1) is 0 Å². The van der Waals surface area contributed by atoms with Gasteiger partial charge >= 0.3 is 0 Å². The third kappa shape index (κ3) is 5.82. The van der Waals surface area contributed by atoms with E-state index in [1.54, 1.807) is 0 Å². The molecule has 90 valence electrons. The monoisotopic (exact) mass is 229 g/mol. The summed E-state index contributed by atoms with van der Waals surface area (Å²) in [6.45, 7) is 3.53. The minimum Gasteiger partial charge on any atom is -0.313 e. The Morgan fingerprint density at radius 2 is 2.00 bits per heavy atom. The van der Waals surface area contributed by atoms with Gasteiger partial charge in [-0.1, -0.05) is 39.0 Å². The van der Waals surface area contributed by atoms with Crippen molar-refractivity contribution in [2.24, 2.45) is 5.92 Å². The van der Waals surface area contributed by atoms with Crippen LogP contribution in [0.5, 0.6) is 0 Å². The molecule has 0 saturated heterocycles. The summed E-state index contributed by atoms with van der Waals surface area (Å²) in [7, 11) is 0. The topological polar surface area (TPSA) is 12.0 Å². The highest BCUT2D eigenvalue weighted by atomic mass is 32.2. The summed E-state index contributed by atoms with van der Waals surface area (Å²) in [5, 5.41) is 3.70. The maximum absolute atomic E-state index is 3.70. The molecule has 1 aliphatic rings. The van der Waals surface area contributed by atoms with Crippen molar-refractivity contribution < 1.29 is 0 Å². The lowest BCUT2D eigenvalue weighted by Gasteiger charge is -2.23. The third-order valence-electron chi connectivity index (χ3n) is 3.57. The van der Waals surface area contributed by atoms with E-state index in [4.69, 9.17) is 0 Å². The molecule has 1 N–H and O–H groups in total. The summed E-state index contributed by atoms with van der Waals surface area (Å²) >= 11 is 1.96. The first kappa shape index (κ1) is 13.4. The summed E-state index contributed by atoms with van der Waals surface area (Å²) < 4.78 is 0. The van der Waals surface area contributed by atoms with Crippen LogP contribution in [0.15, 0.2) is 0 Å². The van der Waals surface area contributed by atoms with Crippen molar-refractivity contribution in [2.75, 3.05) is 18.6 Å². The first-order chi connectivity index (χ1) is 7.36. The van der Waals surface area contributed by atoms with Gasteiger partial charge in [-0.2, -0.15) is 11.8 Å². The summed E-state index contributed by atoms with van der Waals surface area (Å²) in [5.74, 6) is 2.29. The maximum Gasteiger partial charge on any atom is 0.0155 e. The van der Waals surface area contributed by atoms with Gasteiger partial charge in [-0.15, -0.1) is 0 Å². The Labute approximate surface area is 99.8 Å². The van der Waals surface area contributed by atoms with Crippen LogP contribution in [0, 0.1) is 5.92 Å². The zero-order chi connectivity index (χ0) is 10.9. The molecular formula is C13H27NS. The number of hydrogen-bond donors (Lipinski definition) is 1. The smallest absolute Gasteiger partial charge is 0.0155 e. The molecule has 0 amide bonds. The molecule has 0 radical (unpaired) electrons. The van der Waals surface area contributed by atoms with Crippen molar-refractivity contribution in [1.29, 1.82) is 0 Å². The number of nitrogens with one attached hydrogen (secondary N) is 1. The largest absolute Gasteiger partial charge is 0.313 e. The second-order valence-electron chi connectivity index (χ2n) is 4.81. The zero-order valence-electron chi connectivity index (χ0n) is 10.4. The molecule has 0 aromatic heterocycles. The van der Waals surface area contributed by atoms with Crippen molar-refractivity contribution in [3.63, 3.8) is 0 Å². The Hall–Kier alpha value is 0.310. The molecule has 1 rings (SSSR count). The Morgan fingerprint density at radius 1 is 1.27 bits per heavy atom. The third-order valence-corrected chi connectivity index (χ3v) is 4.31. The van der Waals surface area contributed by atoms with Gasteiger partial charge in [0.25, 0.3) is 0 Å². The molecule has 0 aromatic rings. The molecule has 0 heterocycles. The molecule has 1 unspecified atom stereocenters. The van der Waals surface area contributed by atoms with Gasteiger partial charge in [0.2, 0.25) is 0 Å². The molecule has 0 aliphatic heterocycles. The van der Waals surface area contributed by atoms with Crippen LogP contribution in [-0.4, -0.2) is 24.6 Å². The SMILES string of the molecule is CCC(CSC)NCCC1CCCCC1. The summed E-state index contributed by atoms with van der Waals surface area (Å²) in [6.07, 6.45) is 12.3. The summed E-state index contributed by atoms with van der Waals surface area (Å²) in [4.78, 5) is 0. The Balaban J connectivity index is 2.03. The zero-order valence-corrected chi connectivity index (χ0v) is 11.2. The molecule has 1 nitrogen and oxygen atoms in total. The number of thioether (sulfide) groups is 1. The Kier molecular flexibility index (Phi) is 7.54. The van der Waals surface area contributed by atoms with Gasteiger partial charge in [-0.3, -0.25) is 0 Å². The predicted octanol–water partition coefficient (Wildman–Crippen LogP) is 3.69. The van der Waals surface area contributed by atoms with E-state index in [9.17, 15) is 0 Å². The molecule has 0 bridgehead atoms. The molecule has 2 heteroatoms. The van der Waals surface area contributed by atoms with Crippen LogP contribution in [0.3, 0.4) is 0 Å². The van der Waals surface area contributed by atoms with Crippen LogP contribution in [0.1, 0.15) is 51.9 Å². The highest BCUT2D eigenvalue weighted by molar-refractivity contribution is 7.98. The molecule has 0 spiro atoms. The second-order valence-corrected chi connectivity index (χ2v) is 5.72. The van der Waals surface area contributed by atoms with Gasteiger partial charge < -0.3 is 5.32 Å². The van der Waals surface area contributed by atoms with Gasteiger partial charge in [-0.05, 0) is 31.6 Å². The summed E-state index contributed by atoms with van der Waals surface area (Å²) in [5.41, 5.74) is 0. The quantitative estimate of drug-likeness (QED) is 0.714. The van der Waals surface area contributed by atoms with Crippen molar-refractivity contribution in [2.45, 2.75) is 57.9 Å². The van der Waals surface area contributed by atoms with Crippen LogP contribution >= 0.6 is 11.8 Å². The minimum atomic E-state index is 0.739. The first-order valence-electron chi connectivity index (χ1n) is 6.59. The summed E-state index contributed by atoms with van der Waals surface area (Å²) in [6, 6.07) is 0.739. The normalized spacial score (nSPS) is 20.4. The number of hydrogen-bond acceptors (Lipinski definition) is 2. The molecule has 1 atom stereocenters. The molecule has 1 saturated carbocycles. The fourth-order valence-corrected chi connectivity index (χ4v) is 3.25. The lowest BCUT2D eigenvalue weighted by molar-refractivity contribution is 0.329. The Morgan fingerprint density at radius 3 is 2.60 bits per heavy atom. The van der Waals surface area contributed by atoms with E-state index in [-0.39, 0.29) is 0 Å². The van der Waals surface area contributed by atoms with Gasteiger partial charge in [-0.25, -0.2) is 0 Å². The standard InChI is InChI=1S/C13H27NS/c1-3-13(11-15-2)14-10-9-12-7-5-4-6-8-12/h12-14H,3-11H2,1-2H3. The fourth-order valence-electron chi connectivity index (χ4n) is 2.49. The van der Waals surface area contributed by atoms with Gasteiger partial charge in [0.1, 0.15) is 0 Å². The predicted molar refractivity (Wildman–Crippen MR) is 71.7 cm³/mol. The van der Waals surface area contributed by atoms with E-state index < -0.39 is 0 Å². The second kappa shape index (κ2) is 8.46. The molecule has 0 aromatic carbocycles. The molecule has 1 aliphatic carbocycles. The van der Waals surface area contributed by atoms with Crippen LogP contribution in [0.2, 0.25) is 0 Å². The van der Waals surface area contributed by atoms with Gasteiger partial charge in [0, 0.05) is 11.8 Å². The van der Waals surface area contributed by atoms with Crippen LogP contribution in [0.25, 0.3) is 0 Å². The highest BCUT2D eigenvalue weighted by Gasteiger charge is 2.13. The lowest BCUT2D eigenvalue weighted by atomic mass is 9.87. The van der Waals surface area contributed by atoms with E-state index in [0.29, 0.717) is 0 Å². The van der Waals surface area contributed by atoms with Gasteiger partial charge in [0.15, 0.2) is 0 Å². The van der Waals surface area contributed by atoms with Crippen molar-refractivity contribution in [1.82, 2.24) is 5.32 Å². The van der Waals surface area contributed by atoms with Crippen molar-refractivity contribution >= 4 is 11.8 Å². The first-order valence-corrected chi connectivity index (χ1v) is 7.98. The molecule has 1 fully saturated rings. The van der Waals surface area contributed by atoms with Crippen LogP contribution < -0.4 is 5.32 Å². The fraction of sp³-hybridized carbons (Fsp3) is 1.00. The van der Waals surface area contributed by atoms with Crippen molar-refractivity contribution in [3.05, 3.63) is 0 Å². The Bertz CT molecular complexity index is 139. The van der Waals surface area contributed by atoms with Crippen molar-refractivity contribution in [3.8, 4) is 0 Å². The van der Waals surface area contributed by atoms with E-state index in [1.165, 1.54) is 57.2 Å².